The fourth-order valence-electron chi connectivity index (χ4n) is 2.10. The third-order valence-corrected chi connectivity index (χ3v) is 3.03. The van der Waals surface area contributed by atoms with Gasteiger partial charge in [-0.3, -0.25) is 4.68 Å². The van der Waals surface area contributed by atoms with Crippen LogP contribution in [0.4, 0.5) is 0 Å². The molecule has 98 valence electrons. The molecular formula is C12H13N5O2. The van der Waals surface area contributed by atoms with Crippen molar-refractivity contribution in [1.29, 1.82) is 0 Å². The van der Waals surface area contributed by atoms with E-state index in [1.165, 1.54) is 7.11 Å². The summed E-state index contributed by atoms with van der Waals surface area (Å²) in [4.78, 5) is 20.6. The van der Waals surface area contributed by atoms with Crippen molar-refractivity contribution in [2.45, 2.75) is 13.1 Å². The Kier molecular flexibility index (Phi) is 2.75. The highest BCUT2D eigenvalue weighted by molar-refractivity contribution is 5.89. The summed E-state index contributed by atoms with van der Waals surface area (Å²) in [5, 5.41) is 7.25. The van der Waals surface area contributed by atoms with Crippen molar-refractivity contribution >= 4 is 5.97 Å². The van der Waals surface area contributed by atoms with Gasteiger partial charge >= 0.3 is 5.97 Å². The average Bonchev–Trinajstić information content (AvgIpc) is 3.04. The Bertz CT molecular complexity index is 650. The van der Waals surface area contributed by atoms with Crippen molar-refractivity contribution in [1.82, 2.24) is 25.1 Å². The first-order valence-corrected chi connectivity index (χ1v) is 5.87. The number of aryl methyl sites for hydroxylation is 1. The molecule has 2 aromatic heterocycles. The lowest BCUT2D eigenvalue weighted by Crippen LogP contribution is -2.11. The first-order chi connectivity index (χ1) is 9.19. The normalized spacial score (nSPS) is 13.4. The number of aromatic nitrogens is 4. The molecule has 0 unspecified atom stereocenters. The van der Waals surface area contributed by atoms with Crippen molar-refractivity contribution in [2.75, 3.05) is 7.11 Å². The highest BCUT2D eigenvalue weighted by atomic mass is 16.5. The zero-order valence-corrected chi connectivity index (χ0v) is 10.7. The van der Waals surface area contributed by atoms with Crippen molar-refractivity contribution in [3.8, 4) is 11.4 Å². The van der Waals surface area contributed by atoms with Gasteiger partial charge in [0.15, 0.2) is 11.5 Å². The maximum atomic E-state index is 11.8. The Hall–Kier alpha value is -2.28. The van der Waals surface area contributed by atoms with E-state index in [0.29, 0.717) is 24.6 Å². The molecule has 0 fully saturated rings. The van der Waals surface area contributed by atoms with Crippen LogP contribution in [0.1, 0.15) is 21.7 Å². The lowest BCUT2D eigenvalue weighted by Gasteiger charge is -2.06. The van der Waals surface area contributed by atoms with Gasteiger partial charge in [-0.1, -0.05) is 0 Å². The molecule has 7 nitrogen and oxygen atoms in total. The van der Waals surface area contributed by atoms with Crippen molar-refractivity contribution in [3.63, 3.8) is 0 Å². The summed E-state index contributed by atoms with van der Waals surface area (Å²) in [6.07, 6.45) is 3.48. The molecule has 0 aliphatic carbocycles. The summed E-state index contributed by atoms with van der Waals surface area (Å²) in [6, 6.07) is 0. The number of hydrogen-bond acceptors (Lipinski definition) is 6. The van der Waals surface area contributed by atoms with Crippen molar-refractivity contribution in [2.24, 2.45) is 7.05 Å². The van der Waals surface area contributed by atoms with Gasteiger partial charge < -0.3 is 10.1 Å². The van der Waals surface area contributed by atoms with Gasteiger partial charge in [-0.15, -0.1) is 0 Å². The van der Waals surface area contributed by atoms with Gasteiger partial charge in [0.2, 0.25) is 0 Å². The zero-order valence-electron chi connectivity index (χ0n) is 10.7. The number of carbonyl (C=O) groups is 1. The van der Waals surface area contributed by atoms with Crippen LogP contribution in [0.2, 0.25) is 0 Å². The van der Waals surface area contributed by atoms with E-state index in [4.69, 9.17) is 4.74 Å². The van der Waals surface area contributed by atoms with Crippen molar-refractivity contribution < 1.29 is 9.53 Å². The maximum absolute atomic E-state index is 11.8. The van der Waals surface area contributed by atoms with E-state index in [1.54, 1.807) is 10.9 Å². The predicted molar refractivity (Wildman–Crippen MR) is 66.1 cm³/mol. The summed E-state index contributed by atoms with van der Waals surface area (Å²) in [7, 11) is 3.17. The van der Waals surface area contributed by atoms with Crippen LogP contribution in [-0.2, 0) is 24.9 Å². The van der Waals surface area contributed by atoms with Gasteiger partial charge in [-0.05, 0) is 0 Å². The first-order valence-electron chi connectivity index (χ1n) is 5.87. The summed E-state index contributed by atoms with van der Waals surface area (Å²) in [5.74, 6) is 0.0587. The zero-order chi connectivity index (χ0) is 13.4. The van der Waals surface area contributed by atoms with Gasteiger partial charge in [0, 0.05) is 31.9 Å². The fraction of sp³-hybridized carbons (Fsp3) is 0.333. The average molecular weight is 259 g/mol. The molecule has 0 saturated heterocycles. The topological polar surface area (TPSA) is 81.9 Å². The molecule has 1 aliphatic rings. The van der Waals surface area contributed by atoms with Crippen LogP contribution in [0.3, 0.4) is 0 Å². The number of ether oxygens (including phenoxy) is 1. The van der Waals surface area contributed by atoms with E-state index in [2.05, 4.69) is 20.4 Å². The van der Waals surface area contributed by atoms with E-state index < -0.39 is 5.97 Å². The van der Waals surface area contributed by atoms with Gasteiger partial charge in [0.25, 0.3) is 0 Å². The number of rotatable bonds is 2. The van der Waals surface area contributed by atoms with Gasteiger partial charge in [-0.25, -0.2) is 14.8 Å². The van der Waals surface area contributed by atoms with E-state index in [-0.39, 0.29) is 0 Å². The molecule has 3 heterocycles. The second kappa shape index (κ2) is 4.43. The Morgan fingerprint density at radius 2 is 2.26 bits per heavy atom. The minimum atomic E-state index is -0.438. The standard InChI is InChI=1S/C12H13N5O2/c1-17-6-7(3-14-17)11-15-9-5-13-4-8(9)10(16-11)12(18)19-2/h3,6,13H,4-5H2,1-2H3. The van der Waals surface area contributed by atoms with E-state index in [9.17, 15) is 4.79 Å². The summed E-state index contributed by atoms with van der Waals surface area (Å²) in [6.45, 7) is 1.22. The maximum Gasteiger partial charge on any atom is 0.357 e. The second-order valence-electron chi connectivity index (χ2n) is 4.32. The predicted octanol–water partition coefficient (Wildman–Crippen LogP) is 0.267. The lowest BCUT2D eigenvalue weighted by molar-refractivity contribution is 0.0592. The number of carbonyl (C=O) groups excluding carboxylic acids is 1. The minimum Gasteiger partial charge on any atom is -0.464 e. The highest BCUT2D eigenvalue weighted by Crippen LogP contribution is 2.22. The Balaban J connectivity index is 2.15. The van der Waals surface area contributed by atoms with Crippen LogP contribution in [0.15, 0.2) is 12.4 Å². The number of nitrogens with one attached hydrogen (secondary N) is 1. The Morgan fingerprint density at radius 3 is 2.95 bits per heavy atom. The molecule has 0 bridgehead atoms. The number of nitrogens with zero attached hydrogens (tertiary/aromatic N) is 4. The molecule has 3 rings (SSSR count). The molecule has 1 aliphatic heterocycles. The van der Waals surface area contributed by atoms with Gasteiger partial charge in [-0.2, -0.15) is 5.10 Å². The summed E-state index contributed by atoms with van der Waals surface area (Å²) >= 11 is 0. The Labute approximate surface area is 109 Å². The molecule has 1 N–H and O–H groups in total. The van der Waals surface area contributed by atoms with Crippen molar-refractivity contribution in [3.05, 3.63) is 29.3 Å². The van der Waals surface area contributed by atoms with E-state index in [1.807, 2.05) is 13.2 Å². The van der Waals surface area contributed by atoms with Gasteiger partial charge in [0.1, 0.15) is 0 Å². The molecule has 0 saturated carbocycles. The fourth-order valence-corrected chi connectivity index (χ4v) is 2.10. The lowest BCUT2D eigenvalue weighted by atomic mass is 10.1. The molecule has 0 radical (unpaired) electrons. The molecule has 19 heavy (non-hydrogen) atoms. The quantitative estimate of drug-likeness (QED) is 0.779. The third-order valence-electron chi connectivity index (χ3n) is 3.03. The Morgan fingerprint density at radius 1 is 1.42 bits per heavy atom. The largest absolute Gasteiger partial charge is 0.464 e. The molecule has 0 aromatic carbocycles. The highest BCUT2D eigenvalue weighted by Gasteiger charge is 2.24. The van der Waals surface area contributed by atoms with Gasteiger partial charge in [0.05, 0.1) is 24.6 Å². The third kappa shape index (κ3) is 1.97. The van der Waals surface area contributed by atoms with Crippen LogP contribution < -0.4 is 5.32 Å². The van der Waals surface area contributed by atoms with E-state index >= 15 is 0 Å². The van der Waals surface area contributed by atoms with Crippen LogP contribution >= 0.6 is 0 Å². The molecule has 2 aromatic rings. The number of methoxy groups -OCH3 is 1. The molecule has 7 heteroatoms. The molecular weight excluding hydrogens is 246 g/mol. The summed E-state index contributed by atoms with van der Waals surface area (Å²) in [5.41, 5.74) is 2.77. The molecule has 0 spiro atoms. The molecule has 0 atom stereocenters. The first kappa shape index (κ1) is 11.8. The van der Waals surface area contributed by atoms with Crippen LogP contribution in [0.5, 0.6) is 0 Å². The SMILES string of the molecule is COC(=O)c1nc(-c2cnn(C)c2)nc2c1CNC2. The summed E-state index contributed by atoms with van der Waals surface area (Å²) < 4.78 is 6.45. The molecule has 0 amide bonds. The minimum absolute atomic E-state index is 0.330. The van der Waals surface area contributed by atoms with Crippen LogP contribution in [0.25, 0.3) is 11.4 Å². The number of hydrogen-bond donors (Lipinski definition) is 1. The van der Waals surface area contributed by atoms with Crippen LogP contribution in [-0.4, -0.2) is 32.8 Å². The monoisotopic (exact) mass is 259 g/mol. The number of esters is 1. The number of fused-ring (bicyclic) bond motifs is 1. The second-order valence-corrected chi connectivity index (χ2v) is 4.32. The van der Waals surface area contributed by atoms with Crippen LogP contribution in [0, 0.1) is 0 Å². The smallest absolute Gasteiger partial charge is 0.357 e. The van der Waals surface area contributed by atoms with E-state index in [0.717, 1.165) is 16.8 Å².